The summed E-state index contributed by atoms with van der Waals surface area (Å²) in [5.41, 5.74) is 3.79. The normalized spacial score (nSPS) is 15.7. The lowest BCUT2D eigenvalue weighted by atomic mass is 10.1. The SMILES string of the molecule is CN(C)C(NN)c1ccc2c(c1)OCO2. The lowest BCUT2D eigenvalue weighted by Gasteiger charge is -2.23. The molecule has 1 unspecified atom stereocenters. The minimum absolute atomic E-state index is 0.0282. The first-order chi connectivity index (χ1) is 7.22. The molecule has 0 aliphatic carbocycles. The van der Waals surface area contributed by atoms with Gasteiger partial charge in [-0.1, -0.05) is 6.07 Å². The van der Waals surface area contributed by atoms with E-state index in [2.05, 4.69) is 5.43 Å². The van der Waals surface area contributed by atoms with Crippen LogP contribution < -0.4 is 20.7 Å². The summed E-state index contributed by atoms with van der Waals surface area (Å²) in [4.78, 5) is 1.98. The van der Waals surface area contributed by atoms with E-state index in [1.165, 1.54) is 0 Å². The maximum atomic E-state index is 5.49. The van der Waals surface area contributed by atoms with E-state index in [0.29, 0.717) is 6.79 Å². The summed E-state index contributed by atoms with van der Waals surface area (Å²) in [7, 11) is 3.91. The second-order valence-electron chi connectivity index (χ2n) is 3.65. The molecule has 2 rings (SSSR count). The van der Waals surface area contributed by atoms with Crippen LogP contribution in [0.5, 0.6) is 11.5 Å². The molecule has 0 amide bonds. The van der Waals surface area contributed by atoms with Gasteiger partial charge in [0.05, 0.1) is 6.17 Å². The molecule has 1 aromatic rings. The average Bonchev–Trinajstić information content (AvgIpc) is 2.65. The van der Waals surface area contributed by atoms with Gasteiger partial charge in [-0.05, 0) is 31.8 Å². The van der Waals surface area contributed by atoms with Crippen LogP contribution in [0.25, 0.3) is 0 Å². The van der Waals surface area contributed by atoms with Gasteiger partial charge >= 0.3 is 0 Å². The van der Waals surface area contributed by atoms with Gasteiger partial charge in [0.2, 0.25) is 6.79 Å². The average molecular weight is 209 g/mol. The van der Waals surface area contributed by atoms with Crippen LogP contribution in [0.3, 0.4) is 0 Å². The number of benzene rings is 1. The quantitative estimate of drug-likeness (QED) is 0.430. The maximum absolute atomic E-state index is 5.49. The Labute approximate surface area is 88.7 Å². The Bertz CT molecular complexity index is 355. The van der Waals surface area contributed by atoms with Crippen molar-refractivity contribution in [2.45, 2.75) is 6.17 Å². The second-order valence-corrected chi connectivity index (χ2v) is 3.65. The summed E-state index contributed by atoms with van der Waals surface area (Å²) in [6, 6.07) is 5.80. The lowest BCUT2D eigenvalue weighted by Crippen LogP contribution is -2.37. The van der Waals surface area contributed by atoms with Crippen LogP contribution in [0.4, 0.5) is 0 Å². The smallest absolute Gasteiger partial charge is 0.231 e. The molecular formula is C10H15N3O2. The minimum Gasteiger partial charge on any atom is -0.454 e. The van der Waals surface area contributed by atoms with Gasteiger partial charge in [-0.25, -0.2) is 5.43 Å². The zero-order chi connectivity index (χ0) is 10.8. The largest absolute Gasteiger partial charge is 0.454 e. The van der Waals surface area contributed by atoms with Gasteiger partial charge in [0.15, 0.2) is 11.5 Å². The van der Waals surface area contributed by atoms with Crippen molar-refractivity contribution in [1.29, 1.82) is 0 Å². The zero-order valence-electron chi connectivity index (χ0n) is 8.86. The standard InChI is InChI=1S/C10H15N3O2/c1-13(2)10(12-11)7-3-4-8-9(5-7)15-6-14-8/h3-5,10,12H,6,11H2,1-2H3. The van der Waals surface area contributed by atoms with Crippen LogP contribution in [0.2, 0.25) is 0 Å². The monoisotopic (exact) mass is 209 g/mol. The minimum atomic E-state index is -0.0282. The highest BCUT2D eigenvalue weighted by atomic mass is 16.7. The molecule has 1 heterocycles. The van der Waals surface area contributed by atoms with E-state index in [0.717, 1.165) is 17.1 Å². The van der Waals surface area contributed by atoms with Gasteiger partial charge in [0.25, 0.3) is 0 Å². The summed E-state index contributed by atoms with van der Waals surface area (Å²) in [5.74, 6) is 7.05. The Morgan fingerprint density at radius 3 is 2.73 bits per heavy atom. The Morgan fingerprint density at radius 2 is 2.07 bits per heavy atom. The topological polar surface area (TPSA) is 59.8 Å². The third kappa shape index (κ3) is 1.90. The summed E-state index contributed by atoms with van der Waals surface area (Å²) >= 11 is 0. The van der Waals surface area contributed by atoms with E-state index in [1.54, 1.807) is 0 Å². The molecular weight excluding hydrogens is 194 g/mol. The molecule has 82 valence electrons. The Hall–Kier alpha value is -1.30. The summed E-state index contributed by atoms with van der Waals surface area (Å²) in [6.07, 6.45) is -0.0282. The van der Waals surface area contributed by atoms with Crippen LogP contribution in [0, 0.1) is 0 Å². The van der Waals surface area contributed by atoms with Crippen LogP contribution in [-0.2, 0) is 0 Å². The number of fused-ring (bicyclic) bond motifs is 1. The number of nitrogens with zero attached hydrogens (tertiary/aromatic N) is 1. The number of nitrogens with two attached hydrogens (primary N) is 1. The van der Waals surface area contributed by atoms with E-state index >= 15 is 0 Å². The van der Waals surface area contributed by atoms with Gasteiger partial charge in [-0.3, -0.25) is 10.7 Å². The third-order valence-electron chi connectivity index (χ3n) is 2.39. The van der Waals surface area contributed by atoms with Crippen molar-refractivity contribution in [3.8, 4) is 11.5 Å². The number of ether oxygens (including phenoxy) is 2. The Kier molecular flexibility index (Phi) is 2.77. The Morgan fingerprint density at radius 1 is 1.33 bits per heavy atom. The van der Waals surface area contributed by atoms with E-state index in [1.807, 2.05) is 37.2 Å². The first-order valence-electron chi connectivity index (χ1n) is 4.74. The highest BCUT2D eigenvalue weighted by Crippen LogP contribution is 2.34. The predicted octanol–water partition coefficient (Wildman–Crippen LogP) is 0.439. The van der Waals surface area contributed by atoms with E-state index < -0.39 is 0 Å². The number of rotatable bonds is 3. The molecule has 5 nitrogen and oxygen atoms in total. The number of hydrogen-bond acceptors (Lipinski definition) is 5. The van der Waals surface area contributed by atoms with Crippen LogP contribution in [-0.4, -0.2) is 25.8 Å². The molecule has 1 aliphatic rings. The fourth-order valence-electron chi connectivity index (χ4n) is 1.63. The van der Waals surface area contributed by atoms with E-state index in [4.69, 9.17) is 15.3 Å². The molecule has 0 fully saturated rings. The molecule has 0 bridgehead atoms. The first kappa shape index (κ1) is 10.2. The number of hydrogen-bond donors (Lipinski definition) is 2. The van der Waals surface area contributed by atoms with E-state index in [-0.39, 0.29) is 6.17 Å². The van der Waals surface area contributed by atoms with Crippen LogP contribution in [0.1, 0.15) is 11.7 Å². The van der Waals surface area contributed by atoms with Crippen molar-refractivity contribution < 1.29 is 9.47 Å². The first-order valence-corrected chi connectivity index (χ1v) is 4.74. The van der Waals surface area contributed by atoms with Gasteiger partial charge in [0.1, 0.15) is 0 Å². The van der Waals surface area contributed by atoms with Crippen molar-refractivity contribution in [3.63, 3.8) is 0 Å². The van der Waals surface area contributed by atoms with Crippen LogP contribution >= 0.6 is 0 Å². The Balaban J connectivity index is 2.28. The fourth-order valence-corrected chi connectivity index (χ4v) is 1.63. The fraction of sp³-hybridized carbons (Fsp3) is 0.400. The molecule has 0 spiro atoms. The maximum Gasteiger partial charge on any atom is 0.231 e. The predicted molar refractivity (Wildman–Crippen MR) is 56.3 cm³/mol. The highest BCUT2D eigenvalue weighted by molar-refractivity contribution is 5.45. The van der Waals surface area contributed by atoms with E-state index in [9.17, 15) is 0 Å². The summed E-state index contributed by atoms with van der Waals surface area (Å²) in [6.45, 7) is 0.293. The van der Waals surface area contributed by atoms with Crippen molar-refractivity contribution >= 4 is 0 Å². The molecule has 0 radical (unpaired) electrons. The highest BCUT2D eigenvalue weighted by Gasteiger charge is 2.18. The molecule has 15 heavy (non-hydrogen) atoms. The molecule has 0 saturated heterocycles. The van der Waals surface area contributed by atoms with Crippen molar-refractivity contribution in [2.75, 3.05) is 20.9 Å². The molecule has 5 heteroatoms. The zero-order valence-corrected chi connectivity index (χ0v) is 8.86. The number of hydrazine groups is 1. The molecule has 0 aromatic heterocycles. The summed E-state index contributed by atoms with van der Waals surface area (Å²) < 4.78 is 10.5. The van der Waals surface area contributed by atoms with Crippen molar-refractivity contribution in [3.05, 3.63) is 23.8 Å². The second kappa shape index (κ2) is 4.06. The van der Waals surface area contributed by atoms with Gasteiger partial charge in [-0.2, -0.15) is 0 Å². The van der Waals surface area contributed by atoms with Crippen LogP contribution in [0.15, 0.2) is 18.2 Å². The van der Waals surface area contributed by atoms with Crippen molar-refractivity contribution in [1.82, 2.24) is 10.3 Å². The van der Waals surface area contributed by atoms with Gasteiger partial charge < -0.3 is 9.47 Å². The van der Waals surface area contributed by atoms with Gasteiger partial charge in [0, 0.05) is 0 Å². The third-order valence-corrected chi connectivity index (χ3v) is 2.39. The lowest BCUT2D eigenvalue weighted by molar-refractivity contribution is 0.173. The molecule has 0 saturated carbocycles. The summed E-state index contributed by atoms with van der Waals surface area (Å²) in [5, 5.41) is 0. The number of nitrogens with one attached hydrogen (secondary N) is 1. The van der Waals surface area contributed by atoms with Gasteiger partial charge in [-0.15, -0.1) is 0 Å². The molecule has 1 atom stereocenters. The molecule has 1 aromatic carbocycles. The van der Waals surface area contributed by atoms with Crippen molar-refractivity contribution in [2.24, 2.45) is 5.84 Å². The molecule has 3 N–H and O–H groups in total. The molecule has 1 aliphatic heterocycles.